The summed E-state index contributed by atoms with van der Waals surface area (Å²) in [6, 6.07) is 2.01. The lowest BCUT2D eigenvalue weighted by molar-refractivity contribution is 0.374. The van der Waals surface area contributed by atoms with Gasteiger partial charge in [0.05, 0.1) is 6.61 Å². The molecule has 0 spiro atoms. The van der Waals surface area contributed by atoms with Gasteiger partial charge < -0.3 is 4.18 Å². The Morgan fingerprint density at radius 1 is 1.80 bits per heavy atom. The zero-order chi connectivity index (χ0) is 7.40. The van der Waals surface area contributed by atoms with Crippen LogP contribution in [0.5, 0.6) is 0 Å². The van der Waals surface area contributed by atoms with Crippen molar-refractivity contribution in [2.45, 2.75) is 6.61 Å². The van der Waals surface area contributed by atoms with Gasteiger partial charge in [-0.05, 0) is 22.0 Å². The van der Waals surface area contributed by atoms with Crippen molar-refractivity contribution >= 4 is 46.3 Å². The Kier molecular flexibility index (Phi) is 3.84. The summed E-state index contributed by atoms with van der Waals surface area (Å²) in [5, 5.41) is 2.01. The molecule has 5 heteroatoms. The van der Waals surface area contributed by atoms with E-state index in [1.54, 1.807) is 11.3 Å². The van der Waals surface area contributed by atoms with E-state index in [1.165, 1.54) is 4.88 Å². The van der Waals surface area contributed by atoms with Crippen molar-refractivity contribution in [1.82, 2.24) is 0 Å². The molecule has 1 aromatic heterocycles. The van der Waals surface area contributed by atoms with Crippen molar-refractivity contribution in [3.8, 4) is 0 Å². The van der Waals surface area contributed by atoms with E-state index in [4.69, 9.17) is 11.3 Å². The Morgan fingerprint density at radius 2 is 2.60 bits per heavy atom. The average Bonchev–Trinajstić information content (AvgIpc) is 2.31. The molecule has 0 fully saturated rings. The second-order valence-corrected chi connectivity index (χ2v) is 3.93. The second-order valence-electron chi connectivity index (χ2n) is 1.59. The van der Waals surface area contributed by atoms with Gasteiger partial charge in [0.2, 0.25) is 7.12 Å². The first-order valence-corrected chi connectivity index (χ1v) is 5.02. The van der Waals surface area contributed by atoms with Crippen molar-refractivity contribution in [2.24, 2.45) is 0 Å². The fraction of sp³-hybridized carbons (Fsp3) is 0.200. The van der Waals surface area contributed by atoms with Gasteiger partial charge in [-0.25, -0.2) is 0 Å². The molecule has 0 amide bonds. The van der Waals surface area contributed by atoms with Crippen LogP contribution in [0.4, 0.5) is 0 Å². The van der Waals surface area contributed by atoms with Crippen molar-refractivity contribution in [3.63, 3.8) is 0 Å². The summed E-state index contributed by atoms with van der Waals surface area (Å²) in [7, 11) is 5.07. The molecule has 10 heavy (non-hydrogen) atoms. The molecule has 0 saturated heterocycles. The van der Waals surface area contributed by atoms with Gasteiger partial charge in [-0.15, -0.1) is 11.3 Å². The zero-order valence-electron chi connectivity index (χ0n) is 5.04. The smallest absolute Gasteiger partial charge is 0.203 e. The molecule has 0 N–H and O–H groups in total. The second kappa shape index (κ2) is 4.44. The Labute approximate surface area is 77.8 Å². The summed E-state index contributed by atoms with van der Waals surface area (Å²) >= 11 is 5.89. The molecule has 52 valence electrons. The summed E-state index contributed by atoms with van der Waals surface area (Å²) in [4.78, 5) is 1.17. The van der Waals surface area contributed by atoms with Gasteiger partial charge in [-0.3, -0.25) is 0 Å². The zero-order valence-corrected chi connectivity index (χ0v) is 8.26. The fourth-order valence-corrected chi connectivity index (χ4v) is 2.15. The molecule has 2 radical (unpaired) electrons. The Balaban J connectivity index is 2.42. The van der Waals surface area contributed by atoms with Crippen LogP contribution in [0.2, 0.25) is 0 Å². The summed E-state index contributed by atoms with van der Waals surface area (Å²) < 4.78 is 6.01. The molecular formula is C5H4BBrOS2. The van der Waals surface area contributed by atoms with E-state index < -0.39 is 0 Å². The highest BCUT2D eigenvalue weighted by molar-refractivity contribution is 9.10. The molecule has 0 aliphatic carbocycles. The van der Waals surface area contributed by atoms with Gasteiger partial charge in [-0.1, -0.05) is 11.9 Å². The molecule has 0 saturated carbocycles. The van der Waals surface area contributed by atoms with Crippen molar-refractivity contribution in [3.05, 3.63) is 20.8 Å². The lowest BCUT2D eigenvalue weighted by Crippen LogP contribution is -1.78. The monoisotopic (exact) mass is 234 g/mol. The van der Waals surface area contributed by atoms with E-state index >= 15 is 0 Å². The highest BCUT2D eigenvalue weighted by Gasteiger charge is 1.95. The molecule has 0 aromatic carbocycles. The van der Waals surface area contributed by atoms with Crippen LogP contribution in [0.15, 0.2) is 15.9 Å². The van der Waals surface area contributed by atoms with Crippen molar-refractivity contribution < 1.29 is 4.18 Å². The van der Waals surface area contributed by atoms with Crippen molar-refractivity contribution in [2.75, 3.05) is 0 Å². The summed E-state index contributed by atoms with van der Waals surface area (Å²) in [5.41, 5.74) is 0. The minimum atomic E-state index is 0.581. The van der Waals surface area contributed by atoms with Crippen LogP contribution in [-0.4, -0.2) is 7.12 Å². The molecule has 1 nitrogen and oxygen atoms in total. The van der Waals surface area contributed by atoms with Gasteiger partial charge in [0.15, 0.2) is 0 Å². The largest absolute Gasteiger partial charge is 0.323 e. The van der Waals surface area contributed by atoms with Gasteiger partial charge in [0.1, 0.15) is 0 Å². The maximum Gasteiger partial charge on any atom is 0.203 e. The molecule has 0 aliphatic rings. The third-order valence-corrected chi connectivity index (χ3v) is 2.82. The first-order chi connectivity index (χ1) is 4.83. The van der Waals surface area contributed by atoms with Gasteiger partial charge >= 0.3 is 0 Å². The number of halogens is 1. The summed E-state index contributed by atoms with van der Waals surface area (Å²) in [6.45, 7) is 0.581. The maximum atomic E-state index is 5.07. The molecule has 1 heterocycles. The molecule has 0 bridgehead atoms. The fourth-order valence-electron chi connectivity index (χ4n) is 0.522. The third-order valence-electron chi connectivity index (χ3n) is 0.891. The Morgan fingerprint density at radius 3 is 3.10 bits per heavy atom. The first-order valence-electron chi connectivity index (χ1n) is 2.54. The van der Waals surface area contributed by atoms with Crippen LogP contribution in [-0.2, 0) is 10.8 Å². The maximum absolute atomic E-state index is 5.07. The standard InChI is InChI=1S/C5H4BBrOS2/c6-10-8-2-5-1-4(7)3-9-5/h1,3H,2H2. The quantitative estimate of drug-likeness (QED) is 0.588. The van der Waals surface area contributed by atoms with E-state index in [0.717, 1.165) is 16.4 Å². The number of rotatable bonds is 3. The van der Waals surface area contributed by atoms with Crippen LogP contribution >= 0.6 is 39.2 Å². The predicted molar refractivity (Wildman–Crippen MR) is 50.2 cm³/mol. The van der Waals surface area contributed by atoms with Crippen LogP contribution in [0.25, 0.3) is 0 Å². The summed E-state index contributed by atoms with van der Waals surface area (Å²) in [6.07, 6.45) is 0. The van der Waals surface area contributed by atoms with E-state index in [9.17, 15) is 0 Å². The molecule has 0 atom stereocenters. The minimum absolute atomic E-state index is 0.581. The summed E-state index contributed by atoms with van der Waals surface area (Å²) in [5.74, 6) is 0. The lowest BCUT2D eigenvalue weighted by atomic mass is 10.5. The third kappa shape index (κ3) is 2.66. The molecule has 1 rings (SSSR count). The van der Waals surface area contributed by atoms with Crippen molar-refractivity contribution in [1.29, 1.82) is 0 Å². The highest BCUT2D eigenvalue weighted by Crippen LogP contribution is 2.21. The van der Waals surface area contributed by atoms with Crippen LogP contribution in [0.3, 0.4) is 0 Å². The van der Waals surface area contributed by atoms with E-state index in [0.29, 0.717) is 6.61 Å². The first kappa shape index (κ1) is 8.65. The van der Waals surface area contributed by atoms with Gasteiger partial charge in [0.25, 0.3) is 0 Å². The lowest BCUT2D eigenvalue weighted by Gasteiger charge is -1.93. The van der Waals surface area contributed by atoms with Gasteiger partial charge in [-0.2, -0.15) is 0 Å². The molecule has 0 unspecified atom stereocenters. The highest BCUT2D eigenvalue weighted by atomic mass is 79.9. The molecular weight excluding hydrogens is 231 g/mol. The van der Waals surface area contributed by atoms with Gasteiger partial charge in [0, 0.05) is 14.7 Å². The number of thiophene rings is 1. The Bertz CT molecular complexity index is 203. The van der Waals surface area contributed by atoms with E-state index in [1.807, 2.05) is 11.4 Å². The molecule has 0 aliphatic heterocycles. The number of hydrogen-bond donors (Lipinski definition) is 0. The van der Waals surface area contributed by atoms with Crippen LogP contribution in [0.1, 0.15) is 4.88 Å². The Hall–Kier alpha value is 0.555. The van der Waals surface area contributed by atoms with Crippen LogP contribution < -0.4 is 0 Å². The predicted octanol–water partition coefficient (Wildman–Crippen LogP) is 2.76. The van der Waals surface area contributed by atoms with E-state index in [-0.39, 0.29) is 0 Å². The topological polar surface area (TPSA) is 9.23 Å². The normalized spacial score (nSPS) is 10.1. The SMILES string of the molecule is [B]SOCc1cc(Br)cs1. The average molecular weight is 235 g/mol. The number of hydrogen-bond acceptors (Lipinski definition) is 3. The minimum Gasteiger partial charge on any atom is -0.323 e. The van der Waals surface area contributed by atoms with Crippen LogP contribution in [0, 0.1) is 0 Å². The molecule has 1 aromatic rings. The van der Waals surface area contributed by atoms with E-state index in [2.05, 4.69) is 15.9 Å².